The van der Waals surface area contributed by atoms with Crippen molar-refractivity contribution in [1.82, 2.24) is 39.9 Å². The van der Waals surface area contributed by atoms with Crippen molar-refractivity contribution >= 4 is 95.1 Å². The highest BCUT2D eigenvalue weighted by Crippen LogP contribution is 2.20. The van der Waals surface area contributed by atoms with E-state index in [1.165, 1.54) is 0 Å². The minimum atomic E-state index is 0.448. The van der Waals surface area contributed by atoms with Crippen molar-refractivity contribution in [2.24, 2.45) is 0 Å². The normalized spacial score (nSPS) is 10.0. The summed E-state index contributed by atoms with van der Waals surface area (Å²) in [7, 11) is 0. The van der Waals surface area contributed by atoms with Gasteiger partial charge in [0.05, 0.1) is 11.0 Å². The second-order valence-electron chi connectivity index (χ2n) is 5.94. The summed E-state index contributed by atoms with van der Waals surface area (Å²) in [5, 5.41) is 2.28. The van der Waals surface area contributed by atoms with Crippen LogP contribution in [0, 0.1) is 28.6 Å². The van der Waals surface area contributed by atoms with Crippen molar-refractivity contribution in [3.05, 3.63) is 77.4 Å². The number of pyridine rings is 2. The molecular weight excluding hydrogens is 521 g/mol. The number of H-pyrrole nitrogens is 6. The van der Waals surface area contributed by atoms with Crippen molar-refractivity contribution in [1.29, 1.82) is 0 Å². The Hall–Kier alpha value is -2.62. The van der Waals surface area contributed by atoms with Crippen LogP contribution in [-0.4, -0.2) is 39.9 Å². The molecule has 1 aromatic carbocycles. The molecule has 0 aliphatic carbocycles. The molecule has 32 heavy (non-hydrogen) atoms. The van der Waals surface area contributed by atoms with E-state index in [0.717, 1.165) is 21.8 Å². The third kappa shape index (κ3) is 6.94. The smallest absolute Gasteiger partial charge is 0.178 e. The molecule has 5 aromatic rings. The highest BCUT2D eigenvalue weighted by molar-refractivity contribution is 7.72. The molecule has 4 aromatic heterocycles. The van der Waals surface area contributed by atoms with Crippen LogP contribution in [0.15, 0.2) is 48.8 Å². The van der Waals surface area contributed by atoms with E-state index in [9.17, 15) is 0 Å². The largest absolute Gasteiger partial charge is 0.309 e. The zero-order chi connectivity index (χ0) is 23.1. The van der Waals surface area contributed by atoms with E-state index in [1.807, 2.05) is 24.4 Å². The van der Waals surface area contributed by atoms with E-state index >= 15 is 0 Å². The molecule has 0 atom stereocenters. The summed E-state index contributed by atoms with van der Waals surface area (Å²) in [5.74, 6) is 0. The summed E-state index contributed by atoms with van der Waals surface area (Å²) >= 11 is 28.3. The lowest BCUT2D eigenvalue weighted by Crippen LogP contribution is -1.86. The summed E-state index contributed by atoms with van der Waals surface area (Å²) < 4.78 is 2.69. The highest BCUT2D eigenvalue weighted by atomic mass is 32.1. The van der Waals surface area contributed by atoms with Gasteiger partial charge in [-0.3, -0.25) is 9.97 Å². The molecule has 0 saturated carbocycles. The number of aromatic nitrogens is 8. The van der Waals surface area contributed by atoms with Gasteiger partial charge in [-0.2, -0.15) is 0 Å². The van der Waals surface area contributed by atoms with Gasteiger partial charge < -0.3 is 29.9 Å². The first-order valence-electron chi connectivity index (χ1n) is 8.76. The molecule has 0 aliphatic rings. The number of hydrogen-bond donors (Lipinski definition) is 6. The molecular formula is C18H14N8S6. The maximum absolute atomic E-state index is 4.72. The standard InChI is InChI=1S/C12H8N2.2C3H3N3S3/c1-3-9-5-6-11-10(4-2-7-13-11)12(9)14-8-1;2*7-1-4-2(8)6-3(9)5-1/h1-8H;2*(H3,4,5,6,7,8,9). The summed E-state index contributed by atoms with van der Waals surface area (Å²) in [4.78, 5) is 24.6. The first-order chi connectivity index (χ1) is 15.3. The summed E-state index contributed by atoms with van der Waals surface area (Å²) in [6.45, 7) is 0. The van der Waals surface area contributed by atoms with Crippen LogP contribution in [-0.2, 0) is 0 Å². The monoisotopic (exact) mass is 534 g/mol. The molecule has 0 radical (unpaired) electrons. The van der Waals surface area contributed by atoms with Crippen LogP contribution in [0.2, 0.25) is 0 Å². The Morgan fingerprint density at radius 3 is 1.44 bits per heavy atom. The molecule has 5 rings (SSSR count). The molecule has 6 N–H and O–H groups in total. The first-order valence-corrected chi connectivity index (χ1v) is 11.2. The summed E-state index contributed by atoms with van der Waals surface area (Å²) in [6, 6.07) is 12.1. The fraction of sp³-hybridized carbons (Fsp3) is 0. The lowest BCUT2D eigenvalue weighted by atomic mass is 10.1. The Bertz CT molecular complexity index is 1440. The van der Waals surface area contributed by atoms with Crippen LogP contribution >= 0.6 is 73.3 Å². The van der Waals surface area contributed by atoms with Crippen LogP contribution in [0.5, 0.6) is 0 Å². The summed E-state index contributed by atoms with van der Waals surface area (Å²) in [5.41, 5.74) is 2.02. The predicted octanol–water partition coefficient (Wildman–Crippen LogP) is 6.50. The van der Waals surface area contributed by atoms with Crippen molar-refractivity contribution in [3.63, 3.8) is 0 Å². The maximum Gasteiger partial charge on any atom is 0.178 e. The maximum atomic E-state index is 4.72. The van der Waals surface area contributed by atoms with E-state index in [-0.39, 0.29) is 0 Å². The van der Waals surface area contributed by atoms with Crippen molar-refractivity contribution in [3.8, 4) is 0 Å². The number of nitrogens with one attached hydrogen (secondary N) is 6. The number of benzene rings is 1. The van der Waals surface area contributed by atoms with Gasteiger partial charge in [-0.05, 0) is 97.6 Å². The van der Waals surface area contributed by atoms with E-state index in [1.54, 1.807) is 6.20 Å². The molecule has 162 valence electrons. The van der Waals surface area contributed by atoms with Gasteiger partial charge in [0.2, 0.25) is 0 Å². The Balaban J connectivity index is 0.000000142. The lowest BCUT2D eigenvalue weighted by Gasteiger charge is -2.00. The number of rotatable bonds is 0. The van der Waals surface area contributed by atoms with Crippen LogP contribution in [0.25, 0.3) is 21.8 Å². The van der Waals surface area contributed by atoms with E-state index in [4.69, 9.17) is 73.3 Å². The fourth-order valence-corrected chi connectivity index (χ4v) is 4.12. The molecule has 0 bridgehead atoms. The SMILES string of the molecule is S=c1[nH]c(=S)[nH]c(=S)[nH]1.S=c1[nH]c(=S)[nH]c(=S)[nH]1.c1cnc2c(c1)ccc1ncccc12. The van der Waals surface area contributed by atoms with E-state index in [0.29, 0.717) is 28.6 Å². The minimum Gasteiger partial charge on any atom is -0.309 e. The molecule has 0 aliphatic heterocycles. The van der Waals surface area contributed by atoms with Gasteiger partial charge in [0, 0.05) is 23.2 Å². The molecule has 0 fully saturated rings. The summed E-state index contributed by atoms with van der Waals surface area (Å²) in [6.07, 6.45) is 3.62. The van der Waals surface area contributed by atoms with Crippen LogP contribution in [0.1, 0.15) is 0 Å². The van der Waals surface area contributed by atoms with Crippen molar-refractivity contribution in [2.75, 3.05) is 0 Å². The number of aromatic amines is 6. The Kier molecular flexibility index (Phi) is 8.49. The topological polar surface area (TPSA) is 121 Å². The van der Waals surface area contributed by atoms with E-state index in [2.05, 4.69) is 58.1 Å². The average Bonchev–Trinajstić information content (AvgIpc) is 2.72. The second kappa shape index (κ2) is 11.3. The lowest BCUT2D eigenvalue weighted by molar-refractivity contribution is 0.983. The first kappa shape index (κ1) is 24.0. The van der Waals surface area contributed by atoms with Gasteiger partial charge in [0.15, 0.2) is 28.6 Å². The van der Waals surface area contributed by atoms with Crippen LogP contribution in [0.4, 0.5) is 0 Å². The van der Waals surface area contributed by atoms with Gasteiger partial charge >= 0.3 is 0 Å². The minimum absolute atomic E-state index is 0.448. The molecule has 0 spiro atoms. The van der Waals surface area contributed by atoms with Gasteiger partial charge in [-0.15, -0.1) is 0 Å². The second-order valence-corrected chi connectivity index (χ2v) is 8.39. The molecule has 0 saturated heterocycles. The fourth-order valence-electron chi connectivity index (χ4n) is 2.50. The zero-order valence-electron chi connectivity index (χ0n) is 16.0. The number of fused-ring (bicyclic) bond motifs is 3. The highest BCUT2D eigenvalue weighted by Gasteiger charge is 1.99. The zero-order valence-corrected chi connectivity index (χ0v) is 20.9. The quantitative estimate of drug-likeness (QED) is 0.0983. The van der Waals surface area contributed by atoms with Crippen molar-refractivity contribution in [2.45, 2.75) is 0 Å². The van der Waals surface area contributed by atoms with Gasteiger partial charge in [0.1, 0.15) is 0 Å². The Morgan fingerprint density at radius 1 is 0.500 bits per heavy atom. The van der Waals surface area contributed by atoms with E-state index < -0.39 is 0 Å². The Morgan fingerprint density at radius 2 is 0.938 bits per heavy atom. The molecule has 0 unspecified atom stereocenters. The van der Waals surface area contributed by atoms with Crippen molar-refractivity contribution < 1.29 is 0 Å². The molecule has 14 heteroatoms. The van der Waals surface area contributed by atoms with Gasteiger partial charge in [-0.25, -0.2) is 0 Å². The molecule has 4 heterocycles. The average molecular weight is 535 g/mol. The number of hydrogen-bond acceptors (Lipinski definition) is 8. The van der Waals surface area contributed by atoms with Crippen LogP contribution in [0.3, 0.4) is 0 Å². The third-order valence-electron chi connectivity index (χ3n) is 3.72. The predicted molar refractivity (Wildman–Crippen MR) is 141 cm³/mol. The van der Waals surface area contributed by atoms with Crippen LogP contribution < -0.4 is 0 Å². The molecule has 0 amide bonds. The Labute approximate surface area is 211 Å². The number of nitrogens with zero attached hydrogens (tertiary/aromatic N) is 2. The molecule has 8 nitrogen and oxygen atoms in total. The van der Waals surface area contributed by atoms with Gasteiger partial charge in [0.25, 0.3) is 0 Å². The third-order valence-corrected chi connectivity index (χ3v) is 4.94. The van der Waals surface area contributed by atoms with Gasteiger partial charge in [-0.1, -0.05) is 12.1 Å².